The van der Waals surface area contributed by atoms with Crippen molar-refractivity contribution in [3.63, 3.8) is 0 Å². The molecule has 41 heavy (non-hydrogen) atoms. The lowest BCUT2D eigenvalue weighted by atomic mass is 10.1. The minimum absolute atomic E-state index is 0.268. The van der Waals surface area contributed by atoms with Crippen molar-refractivity contribution < 1.29 is 13.9 Å². The topological polar surface area (TPSA) is 66.6 Å². The Bertz CT molecular complexity index is 1390. The van der Waals surface area contributed by atoms with Crippen LogP contribution in [0.15, 0.2) is 115 Å². The van der Waals surface area contributed by atoms with E-state index in [9.17, 15) is 4.39 Å². The number of methoxy groups -OCH3 is 2. The van der Waals surface area contributed by atoms with Gasteiger partial charge in [0.2, 0.25) is 0 Å². The number of rotatable bonds is 6. The van der Waals surface area contributed by atoms with Gasteiger partial charge in [0.1, 0.15) is 5.75 Å². The predicted octanol–water partition coefficient (Wildman–Crippen LogP) is 8.22. The van der Waals surface area contributed by atoms with Crippen LogP contribution in [-0.2, 0) is 0 Å². The molecular formula is C34H41FN4O2. The van der Waals surface area contributed by atoms with Gasteiger partial charge in [0.05, 0.1) is 14.2 Å². The second-order valence-electron chi connectivity index (χ2n) is 8.51. The van der Waals surface area contributed by atoms with Gasteiger partial charge in [0.15, 0.2) is 11.6 Å². The van der Waals surface area contributed by atoms with Gasteiger partial charge in [-0.15, -0.1) is 0 Å². The van der Waals surface area contributed by atoms with E-state index in [2.05, 4.69) is 63.7 Å². The molecule has 0 heterocycles. The highest BCUT2D eigenvalue weighted by Crippen LogP contribution is 2.20. The monoisotopic (exact) mass is 556 g/mol. The summed E-state index contributed by atoms with van der Waals surface area (Å²) in [5.41, 5.74) is 4.16. The van der Waals surface area contributed by atoms with Crippen LogP contribution >= 0.6 is 0 Å². The minimum atomic E-state index is -0.348. The Kier molecular flexibility index (Phi) is 14.5. The fourth-order valence-electron chi connectivity index (χ4n) is 3.53. The van der Waals surface area contributed by atoms with Gasteiger partial charge in [-0.2, -0.15) is 0 Å². The molecule has 0 radical (unpaired) electrons. The van der Waals surface area contributed by atoms with Gasteiger partial charge in [0.25, 0.3) is 0 Å². The Labute approximate surface area is 243 Å². The summed E-state index contributed by atoms with van der Waals surface area (Å²) in [6.45, 7) is 0. The molecule has 5 rings (SSSR count). The molecule has 0 atom stereocenters. The van der Waals surface area contributed by atoms with E-state index in [1.165, 1.54) is 23.9 Å². The molecule has 5 aromatic rings. The first-order valence-corrected chi connectivity index (χ1v) is 13.2. The van der Waals surface area contributed by atoms with Gasteiger partial charge in [0, 0.05) is 57.0 Å². The van der Waals surface area contributed by atoms with Crippen molar-refractivity contribution in [1.29, 1.82) is 0 Å². The minimum Gasteiger partial charge on any atom is -0.497 e. The number of benzene rings is 5. The molecule has 0 saturated heterocycles. The van der Waals surface area contributed by atoms with Crippen molar-refractivity contribution >= 4 is 33.5 Å². The van der Waals surface area contributed by atoms with Crippen LogP contribution in [0.3, 0.4) is 0 Å². The largest absolute Gasteiger partial charge is 0.497 e. The van der Waals surface area contributed by atoms with Crippen molar-refractivity contribution in [3.8, 4) is 11.5 Å². The van der Waals surface area contributed by atoms with Crippen LogP contribution in [-0.4, -0.2) is 42.4 Å². The van der Waals surface area contributed by atoms with Crippen LogP contribution in [0.5, 0.6) is 11.5 Å². The Morgan fingerprint density at radius 1 is 0.463 bits per heavy atom. The quantitative estimate of drug-likeness (QED) is 0.169. The summed E-state index contributed by atoms with van der Waals surface area (Å²) in [6, 6.07) is 37.3. The van der Waals surface area contributed by atoms with Gasteiger partial charge in [-0.05, 0) is 71.4 Å². The molecule has 0 aliphatic carbocycles. The van der Waals surface area contributed by atoms with E-state index in [1.807, 2.05) is 75.7 Å². The smallest absolute Gasteiger partial charge is 0.167 e. The van der Waals surface area contributed by atoms with E-state index in [0.717, 1.165) is 28.5 Å². The lowest BCUT2D eigenvalue weighted by molar-refractivity contribution is 0.386. The molecule has 0 aromatic heterocycles. The highest BCUT2D eigenvalue weighted by atomic mass is 19.1. The number of fused-ring (bicyclic) bond motifs is 1. The summed E-state index contributed by atoms with van der Waals surface area (Å²) in [5, 5.41) is 14.6. The molecule has 0 amide bonds. The maximum atomic E-state index is 12.9. The van der Waals surface area contributed by atoms with Crippen molar-refractivity contribution in [3.05, 3.63) is 121 Å². The molecule has 0 bridgehead atoms. The Hall–Kier alpha value is -4.91. The molecule has 0 aliphatic heterocycles. The van der Waals surface area contributed by atoms with Crippen molar-refractivity contribution in [1.82, 2.24) is 0 Å². The van der Waals surface area contributed by atoms with E-state index in [-0.39, 0.29) is 11.6 Å². The van der Waals surface area contributed by atoms with E-state index in [4.69, 9.17) is 9.47 Å². The zero-order valence-electron chi connectivity index (χ0n) is 24.7. The van der Waals surface area contributed by atoms with E-state index >= 15 is 0 Å². The third kappa shape index (κ3) is 11.4. The number of ether oxygens (including phenoxy) is 2. The van der Waals surface area contributed by atoms with E-state index in [0.29, 0.717) is 0 Å². The molecule has 0 saturated carbocycles. The number of halogens is 1. The van der Waals surface area contributed by atoms with Gasteiger partial charge in [-0.3, -0.25) is 0 Å². The zero-order chi connectivity index (χ0) is 29.9. The molecule has 0 spiro atoms. The number of hydrogen-bond donors (Lipinski definition) is 4. The molecule has 6 nitrogen and oxygen atoms in total. The van der Waals surface area contributed by atoms with Crippen LogP contribution in [0.2, 0.25) is 0 Å². The van der Waals surface area contributed by atoms with Gasteiger partial charge in [-0.25, -0.2) is 4.39 Å². The molecule has 216 valence electrons. The summed E-state index contributed by atoms with van der Waals surface area (Å²) in [5.74, 6) is 0.808. The van der Waals surface area contributed by atoms with E-state index < -0.39 is 0 Å². The predicted molar refractivity (Wildman–Crippen MR) is 175 cm³/mol. The molecule has 7 heteroatoms. The second-order valence-corrected chi connectivity index (χ2v) is 8.51. The lowest BCUT2D eigenvalue weighted by Crippen LogP contribution is -1.91. The van der Waals surface area contributed by atoms with Gasteiger partial charge >= 0.3 is 0 Å². The molecular weight excluding hydrogens is 515 g/mol. The standard InChI is InChI=1S/C11H11N.C8H10FNO.C8H11NO.C7H9N/c1-12-11-7-6-9-4-2-3-5-10(9)8-11;1-10-6-3-4-8(11-2)7(9)5-6;1-9-7-3-5-8(10-2)6-4-7;1-8-7-5-3-2-4-6-7/h2-8,12H,1H3;3-5,10H,1-2H3;3-6,9H,1-2H3;2-6,8H,1H3. The first-order valence-electron chi connectivity index (χ1n) is 13.2. The van der Waals surface area contributed by atoms with Crippen molar-refractivity contribution in [2.24, 2.45) is 0 Å². The van der Waals surface area contributed by atoms with Crippen LogP contribution < -0.4 is 30.7 Å². The van der Waals surface area contributed by atoms with Crippen molar-refractivity contribution in [2.75, 3.05) is 63.7 Å². The Morgan fingerprint density at radius 2 is 0.951 bits per heavy atom. The average molecular weight is 557 g/mol. The fraction of sp³-hybridized carbons (Fsp3) is 0.176. The number of nitrogens with one attached hydrogen (secondary N) is 4. The average Bonchev–Trinajstić information content (AvgIpc) is 3.05. The van der Waals surface area contributed by atoms with Crippen LogP contribution in [0.25, 0.3) is 10.8 Å². The van der Waals surface area contributed by atoms with Crippen molar-refractivity contribution in [2.45, 2.75) is 0 Å². The van der Waals surface area contributed by atoms with E-state index in [1.54, 1.807) is 26.3 Å². The van der Waals surface area contributed by atoms with Crippen LogP contribution in [0, 0.1) is 5.82 Å². The summed E-state index contributed by atoms with van der Waals surface area (Å²) in [6.07, 6.45) is 0. The number of anilines is 4. The van der Waals surface area contributed by atoms with Crippen LogP contribution in [0.4, 0.5) is 27.1 Å². The fourth-order valence-corrected chi connectivity index (χ4v) is 3.53. The maximum Gasteiger partial charge on any atom is 0.167 e. The Morgan fingerprint density at radius 3 is 1.46 bits per heavy atom. The summed E-state index contributed by atoms with van der Waals surface area (Å²) in [7, 11) is 10.6. The van der Waals surface area contributed by atoms with Gasteiger partial charge < -0.3 is 30.7 Å². The summed E-state index contributed by atoms with van der Waals surface area (Å²) >= 11 is 0. The SMILES string of the molecule is CNc1ccc(OC)c(F)c1.CNc1ccc(OC)cc1.CNc1ccc2ccccc2c1.CNc1ccccc1. The zero-order valence-corrected chi connectivity index (χ0v) is 24.7. The normalized spacial score (nSPS) is 9.34. The highest BCUT2D eigenvalue weighted by molar-refractivity contribution is 5.85. The molecule has 0 fully saturated rings. The highest BCUT2D eigenvalue weighted by Gasteiger charge is 2.00. The molecule has 0 unspecified atom stereocenters. The first kappa shape index (κ1) is 32.3. The molecule has 5 aromatic carbocycles. The third-order valence-corrected chi connectivity index (χ3v) is 5.92. The second kappa shape index (κ2) is 18.4. The first-order chi connectivity index (χ1) is 20.0. The lowest BCUT2D eigenvalue weighted by Gasteiger charge is -2.03. The number of hydrogen-bond acceptors (Lipinski definition) is 6. The molecule has 0 aliphatic rings. The summed E-state index contributed by atoms with van der Waals surface area (Å²) in [4.78, 5) is 0. The summed E-state index contributed by atoms with van der Waals surface area (Å²) < 4.78 is 22.6. The molecule has 4 N–H and O–H groups in total. The maximum absolute atomic E-state index is 12.9. The Balaban J connectivity index is 0.000000193. The van der Waals surface area contributed by atoms with Gasteiger partial charge in [-0.1, -0.05) is 48.5 Å². The third-order valence-electron chi connectivity index (χ3n) is 5.92. The van der Waals surface area contributed by atoms with Crippen LogP contribution in [0.1, 0.15) is 0 Å². The number of para-hydroxylation sites is 1.